The van der Waals surface area contributed by atoms with Crippen LogP contribution in [0.15, 0.2) is 78.0 Å². The lowest BCUT2D eigenvalue weighted by molar-refractivity contribution is 0.0955. The van der Waals surface area contributed by atoms with Gasteiger partial charge in [0.05, 0.1) is 11.2 Å². The van der Waals surface area contributed by atoms with Crippen LogP contribution in [0.5, 0.6) is 5.75 Å². The number of fused-ring (bicyclic) bond motifs is 1. The first-order valence-electron chi connectivity index (χ1n) is 10.0. The van der Waals surface area contributed by atoms with Crippen LogP contribution < -0.4 is 5.43 Å². The maximum absolute atomic E-state index is 12.2. The largest absolute Gasteiger partial charge is 0.506 e. The van der Waals surface area contributed by atoms with Crippen LogP contribution in [-0.2, 0) is 13.0 Å². The number of benzene rings is 3. The number of phenols is 1. The van der Waals surface area contributed by atoms with Crippen molar-refractivity contribution in [2.75, 3.05) is 0 Å². The van der Waals surface area contributed by atoms with Gasteiger partial charge in [0.15, 0.2) is 0 Å². The molecule has 3 aromatic carbocycles. The number of halogens is 1. The van der Waals surface area contributed by atoms with E-state index in [0.717, 1.165) is 29.4 Å². The topological polar surface area (TPSA) is 66.6 Å². The molecule has 0 radical (unpaired) electrons. The Bertz CT molecular complexity index is 1260. The van der Waals surface area contributed by atoms with Crippen LogP contribution >= 0.6 is 11.6 Å². The Labute approximate surface area is 185 Å². The number of aromatic hydroxyl groups is 1. The molecule has 0 aliphatic rings. The van der Waals surface area contributed by atoms with Crippen molar-refractivity contribution >= 4 is 34.6 Å². The Morgan fingerprint density at radius 2 is 1.87 bits per heavy atom. The molecule has 4 rings (SSSR count). The number of nitrogens with one attached hydrogen (secondary N) is 1. The molecule has 0 aliphatic heterocycles. The van der Waals surface area contributed by atoms with Crippen molar-refractivity contribution in [3.05, 3.63) is 100 Å². The number of aromatic nitrogens is 1. The first kappa shape index (κ1) is 20.7. The van der Waals surface area contributed by atoms with E-state index < -0.39 is 5.91 Å². The highest BCUT2D eigenvalue weighted by molar-refractivity contribution is 6.32. The van der Waals surface area contributed by atoms with Crippen molar-refractivity contribution in [2.45, 2.75) is 19.9 Å². The molecule has 2 N–H and O–H groups in total. The third kappa shape index (κ3) is 4.62. The van der Waals surface area contributed by atoms with E-state index in [9.17, 15) is 9.90 Å². The average Bonchev–Trinajstić information content (AvgIpc) is 3.19. The summed E-state index contributed by atoms with van der Waals surface area (Å²) >= 11 is 5.86. The summed E-state index contributed by atoms with van der Waals surface area (Å²) < 4.78 is 2.20. The van der Waals surface area contributed by atoms with Crippen molar-refractivity contribution in [1.82, 2.24) is 9.99 Å². The number of rotatable bonds is 6. The van der Waals surface area contributed by atoms with Crippen LogP contribution in [0, 0.1) is 0 Å². The minimum absolute atomic E-state index is 0.0702. The zero-order chi connectivity index (χ0) is 21.8. The highest BCUT2D eigenvalue weighted by atomic mass is 35.5. The maximum atomic E-state index is 12.2. The van der Waals surface area contributed by atoms with Gasteiger partial charge in [0, 0.05) is 34.8 Å². The third-order valence-corrected chi connectivity index (χ3v) is 5.51. The van der Waals surface area contributed by atoms with Crippen LogP contribution in [0.4, 0.5) is 0 Å². The molecule has 4 aromatic rings. The Morgan fingerprint density at radius 3 is 2.61 bits per heavy atom. The first-order valence-corrected chi connectivity index (χ1v) is 10.4. The van der Waals surface area contributed by atoms with E-state index >= 15 is 0 Å². The first-order chi connectivity index (χ1) is 15.0. The zero-order valence-corrected chi connectivity index (χ0v) is 17.8. The minimum Gasteiger partial charge on any atom is -0.506 e. The number of hydrogen-bond donors (Lipinski definition) is 2. The van der Waals surface area contributed by atoms with Crippen molar-refractivity contribution in [3.63, 3.8) is 0 Å². The molecule has 0 atom stereocenters. The molecule has 0 spiro atoms. The Kier molecular flexibility index (Phi) is 6.05. The molecule has 6 heteroatoms. The minimum atomic E-state index is -0.404. The number of amides is 1. The van der Waals surface area contributed by atoms with Gasteiger partial charge in [-0.25, -0.2) is 5.43 Å². The summed E-state index contributed by atoms with van der Waals surface area (Å²) in [5, 5.41) is 14.7. The van der Waals surface area contributed by atoms with Crippen LogP contribution in [0.2, 0.25) is 5.02 Å². The van der Waals surface area contributed by atoms with E-state index in [1.165, 1.54) is 29.3 Å². The second-order valence-electron chi connectivity index (χ2n) is 7.26. The van der Waals surface area contributed by atoms with E-state index in [1.807, 2.05) is 12.1 Å². The number of hydrazone groups is 1. The van der Waals surface area contributed by atoms with Crippen molar-refractivity contribution in [3.8, 4) is 5.75 Å². The molecule has 0 unspecified atom stereocenters. The van der Waals surface area contributed by atoms with Gasteiger partial charge in [-0.15, -0.1) is 0 Å². The van der Waals surface area contributed by atoms with Crippen LogP contribution in [-0.4, -0.2) is 21.8 Å². The van der Waals surface area contributed by atoms with Gasteiger partial charge in [-0.3, -0.25) is 4.79 Å². The lowest BCUT2D eigenvalue weighted by Crippen LogP contribution is -2.17. The van der Waals surface area contributed by atoms with Gasteiger partial charge in [0.1, 0.15) is 5.75 Å². The molecule has 1 heterocycles. The molecule has 1 amide bonds. The van der Waals surface area contributed by atoms with Gasteiger partial charge in [-0.2, -0.15) is 5.10 Å². The number of phenolic OH excluding ortho intramolecular Hbond substituents is 1. The molecule has 0 saturated carbocycles. The summed E-state index contributed by atoms with van der Waals surface area (Å²) in [5.41, 5.74) is 7.39. The second-order valence-corrected chi connectivity index (χ2v) is 7.67. The van der Waals surface area contributed by atoms with Crippen LogP contribution in [0.25, 0.3) is 10.9 Å². The van der Waals surface area contributed by atoms with Gasteiger partial charge < -0.3 is 9.67 Å². The summed E-state index contributed by atoms with van der Waals surface area (Å²) in [6.45, 7) is 2.94. The normalized spacial score (nSPS) is 11.3. The fraction of sp³-hybridized carbons (Fsp3) is 0.120. The molecule has 5 nitrogen and oxygen atoms in total. The number of carbonyl (C=O) groups is 1. The summed E-state index contributed by atoms with van der Waals surface area (Å²) in [4.78, 5) is 12.2. The molecule has 0 fully saturated rings. The lowest BCUT2D eigenvalue weighted by Gasteiger charge is -2.07. The maximum Gasteiger partial charge on any atom is 0.271 e. The fourth-order valence-corrected chi connectivity index (χ4v) is 3.63. The van der Waals surface area contributed by atoms with Gasteiger partial charge in [-0.1, -0.05) is 54.9 Å². The number of aryl methyl sites for hydroxylation is 1. The second kappa shape index (κ2) is 9.06. The van der Waals surface area contributed by atoms with Gasteiger partial charge in [0.25, 0.3) is 5.91 Å². The highest BCUT2D eigenvalue weighted by Crippen LogP contribution is 2.24. The third-order valence-electron chi connectivity index (χ3n) is 5.21. The summed E-state index contributed by atoms with van der Waals surface area (Å²) in [7, 11) is 0. The van der Waals surface area contributed by atoms with E-state index in [0.29, 0.717) is 5.56 Å². The molecular formula is C25H22ClN3O2. The predicted molar refractivity (Wildman–Crippen MR) is 125 cm³/mol. The van der Waals surface area contributed by atoms with E-state index in [4.69, 9.17) is 11.6 Å². The fourth-order valence-electron chi connectivity index (χ4n) is 3.45. The summed E-state index contributed by atoms with van der Waals surface area (Å²) in [6, 6.07) is 21.0. The SMILES string of the molecule is CCc1ccc(Cn2ccc3c(/C=N/NC(=O)c4ccc(O)c(Cl)c4)cccc32)cc1. The van der Waals surface area contributed by atoms with E-state index in [1.54, 1.807) is 6.21 Å². The van der Waals surface area contributed by atoms with E-state index in [2.05, 4.69) is 64.6 Å². The van der Waals surface area contributed by atoms with Crippen LogP contribution in [0.3, 0.4) is 0 Å². The monoisotopic (exact) mass is 431 g/mol. The van der Waals surface area contributed by atoms with Gasteiger partial charge >= 0.3 is 0 Å². The quantitative estimate of drug-likeness (QED) is 0.318. The zero-order valence-electron chi connectivity index (χ0n) is 17.0. The Morgan fingerprint density at radius 1 is 1.10 bits per heavy atom. The Hall–Kier alpha value is -3.57. The molecule has 0 aliphatic carbocycles. The van der Waals surface area contributed by atoms with Gasteiger partial charge in [-0.05, 0) is 47.9 Å². The molecular weight excluding hydrogens is 410 g/mol. The van der Waals surface area contributed by atoms with E-state index in [-0.39, 0.29) is 10.8 Å². The predicted octanol–water partition coefficient (Wildman–Crippen LogP) is 5.37. The summed E-state index contributed by atoms with van der Waals surface area (Å²) in [6.07, 6.45) is 4.72. The molecule has 1 aromatic heterocycles. The molecule has 156 valence electrons. The van der Waals surface area contributed by atoms with Gasteiger partial charge in [0.2, 0.25) is 0 Å². The van der Waals surface area contributed by atoms with Crippen LogP contribution in [0.1, 0.15) is 34.0 Å². The summed E-state index contributed by atoms with van der Waals surface area (Å²) in [5.74, 6) is -0.474. The van der Waals surface area contributed by atoms with Crippen molar-refractivity contribution in [2.24, 2.45) is 5.10 Å². The average molecular weight is 432 g/mol. The number of carbonyl (C=O) groups excluding carboxylic acids is 1. The van der Waals surface area contributed by atoms with Crippen molar-refractivity contribution in [1.29, 1.82) is 0 Å². The smallest absolute Gasteiger partial charge is 0.271 e. The molecule has 0 saturated heterocycles. The number of hydrogen-bond acceptors (Lipinski definition) is 3. The molecule has 31 heavy (non-hydrogen) atoms. The lowest BCUT2D eigenvalue weighted by atomic mass is 10.1. The Balaban J connectivity index is 1.50. The number of nitrogens with zero attached hydrogens (tertiary/aromatic N) is 2. The standard InChI is InChI=1S/C25H22ClN3O2/c1-2-17-6-8-18(9-7-17)16-29-13-12-21-20(4-3-5-23(21)29)15-27-28-25(31)19-10-11-24(30)22(26)14-19/h3-15,30H,2,16H2,1H3,(H,28,31)/b27-15+. The van der Waals surface area contributed by atoms with Crippen molar-refractivity contribution < 1.29 is 9.90 Å². The molecule has 0 bridgehead atoms. The highest BCUT2D eigenvalue weighted by Gasteiger charge is 2.08.